The van der Waals surface area contributed by atoms with Crippen molar-refractivity contribution in [2.75, 3.05) is 19.4 Å². The number of hydrogen-bond acceptors (Lipinski definition) is 4. The first-order valence-corrected chi connectivity index (χ1v) is 7.29. The monoisotopic (exact) mass is 311 g/mol. The summed E-state index contributed by atoms with van der Waals surface area (Å²) in [5.41, 5.74) is 3.14. The third-order valence-corrected chi connectivity index (χ3v) is 3.40. The van der Waals surface area contributed by atoms with Crippen molar-refractivity contribution in [3.63, 3.8) is 0 Å². The van der Waals surface area contributed by atoms with Gasteiger partial charge in [0.2, 0.25) is 0 Å². The zero-order valence-corrected chi connectivity index (χ0v) is 13.2. The lowest BCUT2D eigenvalue weighted by Crippen LogP contribution is -3.04. The van der Waals surface area contributed by atoms with E-state index in [0.717, 1.165) is 12.1 Å². The van der Waals surface area contributed by atoms with Crippen molar-refractivity contribution in [1.29, 1.82) is 5.26 Å². The number of nitriles is 1. The van der Waals surface area contributed by atoms with Gasteiger partial charge in [-0.15, -0.1) is 0 Å². The summed E-state index contributed by atoms with van der Waals surface area (Å²) >= 11 is 0. The van der Waals surface area contributed by atoms with Crippen molar-refractivity contribution in [2.45, 2.75) is 13.1 Å². The molecule has 0 amide bonds. The Labute approximate surface area is 135 Å². The summed E-state index contributed by atoms with van der Waals surface area (Å²) in [6, 6.07) is 14.5. The van der Waals surface area contributed by atoms with Crippen molar-refractivity contribution in [3.05, 3.63) is 69.3 Å². The van der Waals surface area contributed by atoms with E-state index in [1.54, 1.807) is 6.07 Å². The van der Waals surface area contributed by atoms with E-state index < -0.39 is 4.92 Å². The predicted octanol–water partition coefficient (Wildman–Crippen LogP) is 1.72. The number of benzene rings is 2. The van der Waals surface area contributed by atoms with Crippen LogP contribution >= 0.6 is 0 Å². The van der Waals surface area contributed by atoms with E-state index in [1.807, 2.05) is 18.2 Å². The first kappa shape index (κ1) is 16.5. The van der Waals surface area contributed by atoms with Gasteiger partial charge in [0, 0.05) is 24.2 Å². The molecule has 6 nitrogen and oxygen atoms in total. The molecule has 0 aromatic heterocycles. The van der Waals surface area contributed by atoms with Crippen LogP contribution in [-0.4, -0.2) is 19.0 Å². The SMILES string of the molecule is C[NH+](C)Cc1ccc(CNc2ccc([N+](=O)[O-])cc2C#N)cc1. The normalized spacial score (nSPS) is 10.3. The van der Waals surface area contributed by atoms with Crippen LogP contribution in [0.2, 0.25) is 0 Å². The zero-order chi connectivity index (χ0) is 16.8. The Bertz CT molecular complexity index is 733. The van der Waals surface area contributed by atoms with Gasteiger partial charge in [-0.05, 0) is 11.6 Å². The smallest absolute Gasteiger partial charge is 0.270 e. The lowest BCUT2D eigenvalue weighted by molar-refractivity contribution is -0.872. The molecule has 0 aliphatic rings. The fourth-order valence-corrected chi connectivity index (χ4v) is 2.27. The van der Waals surface area contributed by atoms with Gasteiger partial charge in [-0.2, -0.15) is 5.26 Å². The lowest BCUT2D eigenvalue weighted by atomic mass is 10.1. The summed E-state index contributed by atoms with van der Waals surface area (Å²) in [4.78, 5) is 11.6. The Morgan fingerprint density at radius 3 is 2.39 bits per heavy atom. The van der Waals surface area contributed by atoms with E-state index in [-0.39, 0.29) is 11.3 Å². The summed E-state index contributed by atoms with van der Waals surface area (Å²) in [5, 5.41) is 23.0. The molecule has 118 valence electrons. The summed E-state index contributed by atoms with van der Waals surface area (Å²) < 4.78 is 0. The molecule has 6 heteroatoms. The second-order valence-corrected chi connectivity index (χ2v) is 5.65. The highest BCUT2D eigenvalue weighted by molar-refractivity contribution is 5.61. The molecule has 2 rings (SSSR count). The Hall–Kier alpha value is -2.91. The van der Waals surface area contributed by atoms with Gasteiger partial charge >= 0.3 is 0 Å². The first-order valence-electron chi connectivity index (χ1n) is 7.29. The minimum absolute atomic E-state index is 0.0809. The molecule has 0 aliphatic heterocycles. The van der Waals surface area contributed by atoms with E-state index in [2.05, 4.69) is 31.5 Å². The van der Waals surface area contributed by atoms with Crippen molar-refractivity contribution in [2.24, 2.45) is 0 Å². The highest BCUT2D eigenvalue weighted by Crippen LogP contribution is 2.22. The average molecular weight is 311 g/mol. The maximum Gasteiger partial charge on any atom is 0.270 e. The Morgan fingerprint density at radius 2 is 1.83 bits per heavy atom. The summed E-state index contributed by atoms with van der Waals surface area (Å²) in [5.74, 6) is 0. The maximum atomic E-state index is 10.7. The molecule has 2 aromatic rings. The fraction of sp³-hybridized carbons (Fsp3) is 0.235. The number of non-ortho nitro benzene ring substituents is 1. The van der Waals surface area contributed by atoms with E-state index in [0.29, 0.717) is 12.2 Å². The van der Waals surface area contributed by atoms with Crippen LogP contribution < -0.4 is 10.2 Å². The fourth-order valence-electron chi connectivity index (χ4n) is 2.27. The number of rotatable bonds is 6. The molecule has 0 bridgehead atoms. The van der Waals surface area contributed by atoms with Gasteiger partial charge < -0.3 is 10.2 Å². The molecule has 0 radical (unpaired) electrons. The average Bonchev–Trinajstić information content (AvgIpc) is 2.53. The van der Waals surface area contributed by atoms with Crippen LogP contribution in [0.25, 0.3) is 0 Å². The molecule has 0 atom stereocenters. The number of nitrogens with zero attached hydrogens (tertiary/aromatic N) is 2. The van der Waals surface area contributed by atoms with E-state index in [4.69, 9.17) is 5.26 Å². The topological polar surface area (TPSA) is 83.4 Å². The largest absolute Gasteiger partial charge is 0.380 e. The van der Waals surface area contributed by atoms with Crippen LogP contribution in [0.5, 0.6) is 0 Å². The van der Waals surface area contributed by atoms with Crippen molar-refractivity contribution < 1.29 is 9.82 Å². The number of anilines is 1. The van der Waals surface area contributed by atoms with E-state index in [9.17, 15) is 10.1 Å². The third kappa shape index (κ3) is 4.53. The quantitative estimate of drug-likeness (QED) is 0.628. The van der Waals surface area contributed by atoms with Crippen LogP contribution in [-0.2, 0) is 13.1 Å². The summed E-state index contributed by atoms with van der Waals surface area (Å²) in [6.45, 7) is 1.52. The lowest BCUT2D eigenvalue weighted by Gasteiger charge is -2.10. The van der Waals surface area contributed by atoms with Gasteiger partial charge in [0.15, 0.2) is 0 Å². The van der Waals surface area contributed by atoms with Crippen LogP contribution in [0.4, 0.5) is 11.4 Å². The van der Waals surface area contributed by atoms with Crippen molar-refractivity contribution in [3.8, 4) is 6.07 Å². The zero-order valence-electron chi connectivity index (χ0n) is 13.2. The highest BCUT2D eigenvalue weighted by atomic mass is 16.6. The molecule has 0 spiro atoms. The third-order valence-electron chi connectivity index (χ3n) is 3.40. The standard InChI is InChI=1S/C17H18N4O2/c1-20(2)12-14-5-3-13(4-6-14)11-19-17-8-7-16(21(22)23)9-15(17)10-18/h3-9,19H,11-12H2,1-2H3/p+1. The number of nitro benzene ring substituents is 1. The molecule has 0 saturated heterocycles. The van der Waals surface area contributed by atoms with Gasteiger partial charge in [0.05, 0.1) is 30.3 Å². The molecule has 2 N–H and O–H groups in total. The molecule has 23 heavy (non-hydrogen) atoms. The molecule has 0 unspecified atom stereocenters. The number of quaternary nitrogens is 1. The maximum absolute atomic E-state index is 10.7. The molecule has 0 heterocycles. The molecular weight excluding hydrogens is 292 g/mol. The van der Waals surface area contributed by atoms with Gasteiger partial charge in [0.1, 0.15) is 12.6 Å². The van der Waals surface area contributed by atoms with Crippen LogP contribution in [0.1, 0.15) is 16.7 Å². The second-order valence-electron chi connectivity index (χ2n) is 5.65. The number of hydrogen-bond donors (Lipinski definition) is 2. The van der Waals surface area contributed by atoms with Crippen LogP contribution in [0.15, 0.2) is 42.5 Å². The minimum atomic E-state index is -0.504. The van der Waals surface area contributed by atoms with Crippen LogP contribution in [0.3, 0.4) is 0 Å². The Balaban J connectivity index is 2.06. The van der Waals surface area contributed by atoms with Crippen LogP contribution in [0, 0.1) is 21.4 Å². The second kappa shape index (κ2) is 7.38. The number of nitro groups is 1. The number of nitrogens with one attached hydrogen (secondary N) is 2. The molecule has 2 aromatic carbocycles. The molecular formula is C17H19N4O2+. The Kier molecular flexibility index (Phi) is 5.28. The minimum Gasteiger partial charge on any atom is -0.380 e. The van der Waals surface area contributed by atoms with Gasteiger partial charge in [-0.3, -0.25) is 10.1 Å². The van der Waals surface area contributed by atoms with Gasteiger partial charge in [0.25, 0.3) is 5.69 Å². The van der Waals surface area contributed by atoms with E-state index >= 15 is 0 Å². The molecule has 0 saturated carbocycles. The molecule has 0 fully saturated rings. The summed E-state index contributed by atoms with van der Waals surface area (Å²) in [6.07, 6.45) is 0. The predicted molar refractivity (Wildman–Crippen MR) is 88.1 cm³/mol. The van der Waals surface area contributed by atoms with Crippen molar-refractivity contribution in [1.82, 2.24) is 0 Å². The van der Waals surface area contributed by atoms with E-state index in [1.165, 1.54) is 22.6 Å². The highest BCUT2D eigenvalue weighted by Gasteiger charge is 2.10. The summed E-state index contributed by atoms with van der Waals surface area (Å²) in [7, 11) is 4.21. The Morgan fingerprint density at radius 1 is 1.17 bits per heavy atom. The first-order chi connectivity index (χ1) is 11.0. The molecule has 0 aliphatic carbocycles. The van der Waals surface area contributed by atoms with Crippen molar-refractivity contribution >= 4 is 11.4 Å². The van der Waals surface area contributed by atoms with Gasteiger partial charge in [-0.1, -0.05) is 24.3 Å². The van der Waals surface area contributed by atoms with Gasteiger partial charge in [-0.25, -0.2) is 0 Å².